The highest BCUT2D eigenvalue weighted by atomic mass is 32.2. The minimum absolute atomic E-state index is 0.117. The Morgan fingerprint density at radius 2 is 2.11 bits per heavy atom. The van der Waals surface area contributed by atoms with Crippen LogP contribution >= 0.6 is 34.9 Å². The van der Waals surface area contributed by atoms with Crippen molar-refractivity contribution in [1.82, 2.24) is 14.8 Å². The standard InChI is InChI=1S/C18H17N5OS3/c1-2-23-17(15-8-5-10-25-15)21-22-18(23)27-12-16(24)20-13-6-3-4-7-14(13)26-11-9-19/h3-8,10H,2,11-12H2,1H3,(H,20,24). The zero-order chi connectivity index (χ0) is 19.1. The van der Waals surface area contributed by atoms with Gasteiger partial charge in [0, 0.05) is 11.4 Å². The second-order valence-corrected chi connectivity index (χ2v) is 8.21. The van der Waals surface area contributed by atoms with E-state index in [0.29, 0.717) is 5.75 Å². The number of hydrogen-bond acceptors (Lipinski definition) is 7. The second-order valence-electron chi connectivity index (χ2n) is 5.31. The Morgan fingerprint density at radius 1 is 1.26 bits per heavy atom. The highest BCUT2D eigenvalue weighted by Crippen LogP contribution is 2.28. The number of benzene rings is 1. The van der Waals surface area contributed by atoms with Crippen molar-refractivity contribution in [3.05, 3.63) is 41.8 Å². The summed E-state index contributed by atoms with van der Waals surface area (Å²) in [5, 5.41) is 22.9. The lowest BCUT2D eigenvalue weighted by molar-refractivity contribution is -0.113. The van der Waals surface area contributed by atoms with E-state index in [1.54, 1.807) is 11.3 Å². The van der Waals surface area contributed by atoms with E-state index >= 15 is 0 Å². The molecule has 0 saturated carbocycles. The molecule has 0 aliphatic rings. The van der Waals surface area contributed by atoms with Crippen molar-refractivity contribution >= 4 is 46.5 Å². The lowest BCUT2D eigenvalue weighted by atomic mass is 10.3. The number of nitrogens with zero attached hydrogens (tertiary/aromatic N) is 4. The molecule has 0 saturated heterocycles. The average molecular weight is 416 g/mol. The summed E-state index contributed by atoms with van der Waals surface area (Å²) in [7, 11) is 0. The van der Waals surface area contributed by atoms with Crippen LogP contribution in [0.4, 0.5) is 5.69 Å². The smallest absolute Gasteiger partial charge is 0.234 e. The van der Waals surface area contributed by atoms with Crippen LogP contribution in [0.15, 0.2) is 51.8 Å². The van der Waals surface area contributed by atoms with Crippen molar-refractivity contribution in [2.75, 3.05) is 16.8 Å². The van der Waals surface area contributed by atoms with Crippen molar-refractivity contribution < 1.29 is 4.79 Å². The molecule has 1 aromatic carbocycles. The van der Waals surface area contributed by atoms with Crippen LogP contribution < -0.4 is 5.32 Å². The molecule has 0 bridgehead atoms. The molecule has 1 amide bonds. The van der Waals surface area contributed by atoms with Crippen LogP contribution in [0.2, 0.25) is 0 Å². The van der Waals surface area contributed by atoms with Gasteiger partial charge in [-0.25, -0.2) is 0 Å². The fraction of sp³-hybridized carbons (Fsp3) is 0.222. The topological polar surface area (TPSA) is 83.6 Å². The number of para-hydroxylation sites is 1. The number of aromatic nitrogens is 3. The third-order valence-corrected chi connectivity index (χ3v) is 6.33. The first-order valence-electron chi connectivity index (χ1n) is 8.21. The van der Waals surface area contributed by atoms with Gasteiger partial charge in [0.25, 0.3) is 0 Å². The monoisotopic (exact) mass is 415 g/mol. The number of rotatable bonds is 8. The predicted octanol–water partition coefficient (Wildman–Crippen LogP) is 4.37. The minimum atomic E-state index is -0.117. The first-order valence-corrected chi connectivity index (χ1v) is 11.1. The van der Waals surface area contributed by atoms with Crippen LogP contribution in [-0.2, 0) is 11.3 Å². The first kappa shape index (κ1) is 19.5. The van der Waals surface area contributed by atoms with E-state index in [-0.39, 0.29) is 11.7 Å². The number of nitriles is 1. The first-order chi connectivity index (χ1) is 13.2. The van der Waals surface area contributed by atoms with Crippen molar-refractivity contribution in [3.8, 4) is 16.8 Å². The third kappa shape index (κ3) is 4.91. The fourth-order valence-corrected chi connectivity index (χ4v) is 4.58. The average Bonchev–Trinajstić information content (AvgIpc) is 3.34. The zero-order valence-electron chi connectivity index (χ0n) is 14.6. The molecular weight excluding hydrogens is 398 g/mol. The fourth-order valence-electron chi connectivity index (χ4n) is 2.39. The zero-order valence-corrected chi connectivity index (χ0v) is 17.0. The van der Waals surface area contributed by atoms with E-state index in [1.807, 2.05) is 53.3 Å². The van der Waals surface area contributed by atoms with E-state index < -0.39 is 0 Å². The highest BCUT2D eigenvalue weighted by molar-refractivity contribution is 8.00. The van der Waals surface area contributed by atoms with E-state index in [2.05, 4.69) is 21.6 Å². The van der Waals surface area contributed by atoms with Crippen molar-refractivity contribution in [2.45, 2.75) is 23.5 Å². The molecule has 0 atom stereocenters. The Bertz CT molecular complexity index is 946. The van der Waals surface area contributed by atoms with Crippen molar-refractivity contribution in [1.29, 1.82) is 5.26 Å². The van der Waals surface area contributed by atoms with Gasteiger partial charge in [-0.2, -0.15) is 5.26 Å². The molecule has 9 heteroatoms. The van der Waals surface area contributed by atoms with Gasteiger partial charge in [-0.3, -0.25) is 4.79 Å². The summed E-state index contributed by atoms with van der Waals surface area (Å²) in [5.74, 6) is 1.29. The number of carbonyl (C=O) groups is 1. The summed E-state index contributed by atoms with van der Waals surface area (Å²) in [4.78, 5) is 14.3. The Balaban J connectivity index is 1.64. The molecule has 0 fully saturated rings. The van der Waals surface area contributed by atoms with Crippen LogP contribution in [0.5, 0.6) is 0 Å². The summed E-state index contributed by atoms with van der Waals surface area (Å²) >= 11 is 4.38. The molecule has 6 nitrogen and oxygen atoms in total. The largest absolute Gasteiger partial charge is 0.324 e. The predicted molar refractivity (Wildman–Crippen MR) is 111 cm³/mol. The Morgan fingerprint density at radius 3 is 2.85 bits per heavy atom. The summed E-state index contributed by atoms with van der Waals surface area (Å²) in [6.45, 7) is 2.77. The second kappa shape index (κ2) is 9.60. The van der Waals surface area contributed by atoms with Gasteiger partial charge in [0.2, 0.25) is 5.91 Å². The van der Waals surface area contributed by atoms with E-state index in [0.717, 1.165) is 33.0 Å². The van der Waals surface area contributed by atoms with Gasteiger partial charge >= 0.3 is 0 Å². The summed E-state index contributed by atoms with van der Waals surface area (Å²) in [6.07, 6.45) is 0. The molecule has 3 aromatic rings. The SMILES string of the molecule is CCn1c(SCC(=O)Nc2ccccc2SCC#N)nnc1-c1cccs1. The maximum absolute atomic E-state index is 12.4. The molecule has 0 unspecified atom stereocenters. The Hall–Kier alpha value is -2.28. The van der Waals surface area contributed by atoms with Crippen LogP contribution in [0.1, 0.15) is 6.92 Å². The van der Waals surface area contributed by atoms with Crippen LogP contribution in [0.25, 0.3) is 10.7 Å². The van der Waals surface area contributed by atoms with Crippen LogP contribution in [-0.4, -0.2) is 32.2 Å². The number of thioether (sulfide) groups is 2. The molecule has 0 aliphatic heterocycles. The number of nitrogens with one attached hydrogen (secondary N) is 1. The van der Waals surface area contributed by atoms with Crippen molar-refractivity contribution in [2.24, 2.45) is 0 Å². The third-order valence-electron chi connectivity index (χ3n) is 3.56. The maximum atomic E-state index is 12.4. The summed E-state index contributed by atoms with van der Waals surface area (Å²) in [6, 6.07) is 13.6. The van der Waals surface area contributed by atoms with Gasteiger partial charge in [0.15, 0.2) is 11.0 Å². The molecule has 0 radical (unpaired) electrons. The van der Waals surface area contributed by atoms with E-state index in [1.165, 1.54) is 23.5 Å². The Labute approximate surface area is 170 Å². The maximum Gasteiger partial charge on any atom is 0.234 e. The van der Waals surface area contributed by atoms with Gasteiger partial charge < -0.3 is 9.88 Å². The molecule has 138 valence electrons. The highest BCUT2D eigenvalue weighted by Gasteiger charge is 2.15. The number of anilines is 1. The quantitative estimate of drug-likeness (QED) is 0.550. The van der Waals surface area contributed by atoms with E-state index in [4.69, 9.17) is 5.26 Å². The number of hydrogen-bond donors (Lipinski definition) is 1. The van der Waals surface area contributed by atoms with Gasteiger partial charge in [-0.05, 0) is 30.5 Å². The lowest BCUT2D eigenvalue weighted by Gasteiger charge is -2.10. The molecule has 27 heavy (non-hydrogen) atoms. The normalized spacial score (nSPS) is 10.5. The van der Waals surface area contributed by atoms with Gasteiger partial charge in [-0.15, -0.1) is 33.3 Å². The van der Waals surface area contributed by atoms with Gasteiger partial charge in [0.1, 0.15) is 0 Å². The lowest BCUT2D eigenvalue weighted by Crippen LogP contribution is -2.15. The summed E-state index contributed by atoms with van der Waals surface area (Å²) < 4.78 is 2.01. The molecule has 2 aromatic heterocycles. The molecule has 0 aliphatic carbocycles. The molecular formula is C18H17N5OS3. The van der Waals surface area contributed by atoms with E-state index in [9.17, 15) is 4.79 Å². The Kier molecular flexibility index (Phi) is 6.92. The minimum Gasteiger partial charge on any atom is -0.324 e. The number of amides is 1. The van der Waals surface area contributed by atoms with Crippen LogP contribution in [0, 0.1) is 11.3 Å². The number of thiophene rings is 1. The van der Waals surface area contributed by atoms with Crippen molar-refractivity contribution in [3.63, 3.8) is 0 Å². The number of carbonyl (C=O) groups excluding carboxylic acids is 1. The van der Waals surface area contributed by atoms with Gasteiger partial charge in [0.05, 0.1) is 28.1 Å². The van der Waals surface area contributed by atoms with Gasteiger partial charge in [-0.1, -0.05) is 30.0 Å². The van der Waals surface area contributed by atoms with Crippen LogP contribution in [0.3, 0.4) is 0 Å². The summed E-state index contributed by atoms with van der Waals surface area (Å²) in [5.41, 5.74) is 0.722. The molecule has 0 spiro atoms. The molecule has 3 rings (SSSR count). The molecule has 1 N–H and O–H groups in total. The molecule has 2 heterocycles.